The highest BCUT2D eigenvalue weighted by Gasteiger charge is 2.30. The van der Waals surface area contributed by atoms with E-state index in [0.717, 1.165) is 19.3 Å². The Labute approximate surface area is 110 Å². The van der Waals surface area contributed by atoms with Crippen LogP contribution in [0.2, 0.25) is 0 Å². The highest BCUT2D eigenvalue weighted by atomic mass is 16.6. The first-order chi connectivity index (χ1) is 9.13. The number of hydrogen-bond donors (Lipinski definition) is 0. The Hall–Kier alpha value is -2.17. The smallest absolute Gasteiger partial charge is 0.346 e. The summed E-state index contributed by atoms with van der Waals surface area (Å²) in [5.74, 6) is -1.89. The summed E-state index contributed by atoms with van der Waals surface area (Å²) < 4.78 is 9.53. The average molecular weight is 262 g/mol. The summed E-state index contributed by atoms with van der Waals surface area (Å²) in [4.78, 5) is 34.3. The van der Waals surface area contributed by atoms with Gasteiger partial charge in [0.1, 0.15) is 0 Å². The molecule has 0 aliphatic carbocycles. The lowest BCUT2D eigenvalue weighted by Crippen LogP contribution is -2.07. The molecule has 1 aromatic rings. The maximum Gasteiger partial charge on any atom is 0.346 e. The number of hydrogen-bond acceptors (Lipinski definition) is 5. The first kappa shape index (κ1) is 13.3. The van der Waals surface area contributed by atoms with Gasteiger partial charge in [-0.05, 0) is 24.6 Å². The van der Waals surface area contributed by atoms with Crippen LogP contribution in [0.15, 0.2) is 18.2 Å². The Morgan fingerprint density at radius 2 is 1.89 bits per heavy atom. The Kier molecular flexibility index (Phi) is 3.94. The normalized spacial score (nSPS) is 13.1. The van der Waals surface area contributed by atoms with Gasteiger partial charge >= 0.3 is 17.9 Å². The summed E-state index contributed by atoms with van der Waals surface area (Å²) in [5, 5.41) is 0. The van der Waals surface area contributed by atoms with Gasteiger partial charge in [-0.25, -0.2) is 14.4 Å². The molecule has 0 radical (unpaired) electrons. The maximum atomic E-state index is 11.7. The van der Waals surface area contributed by atoms with Gasteiger partial charge in [0.05, 0.1) is 23.3 Å². The molecule has 1 aliphatic rings. The maximum absolute atomic E-state index is 11.7. The summed E-state index contributed by atoms with van der Waals surface area (Å²) in [6.07, 6.45) is 2.86. The SMILES string of the molecule is CCCCCOC(=O)c1ccc2c(c1)C(=O)OC2=O. The number of fused-ring (bicyclic) bond motifs is 1. The second-order valence-corrected chi connectivity index (χ2v) is 4.28. The van der Waals surface area contributed by atoms with Crippen LogP contribution in [0.1, 0.15) is 57.3 Å². The molecule has 19 heavy (non-hydrogen) atoms. The first-order valence-corrected chi connectivity index (χ1v) is 6.21. The summed E-state index contributed by atoms with van der Waals surface area (Å²) in [6, 6.07) is 4.21. The van der Waals surface area contributed by atoms with Crippen LogP contribution >= 0.6 is 0 Å². The van der Waals surface area contributed by atoms with Crippen molar-refractivity contribution in [3.63, 3.8) is 0 Å². The molecule has 1 aliphatic heterocycles. The zero-order valence-corrected chi connectivity index (χ0v) is 10.6. The topological polar surface area (TPSA) is 69.7 Å². The van der Waals surface area contributed by atoms with E-state index in [-0.39, 0.29) is 16.7 Å². The molecule has 5 nitrogen and oxygen atoms in total. The molecule has 0 amide bonds. The molecular formula is C14H14O5. The number of rotatable bonds is 5. The van der Waals surface area contributed by atoms with Gasteiger partial charge in [0.25, 0.3) is 0 Å². The van der Waals surface area contributed by atoms with Gasteiger partial charge in [-0.3, -0.25) is 0 Å². The predicted octanol–water partition coefficient (Wildman–Crippen LogP) is 2.34. The first-order valence-electron chi connectivity index (χ1n) is 6.21. The number of unbranched alkanes of at least 4 members (excludes halogenated alkanes) is 2. The third-order valence-corrected chi connectivity index (χ3v) is 2.86. The van der Waals surface area contributed by atoms with Crippen LogP contribution < -0.4 is 0 Å². The average Bonchev–Trinajstić information content (AvgIpc) is 2.69. The van der Waals surface area contributed by atoms with E-state index in [1.807, 2.05) is 0 Å². The van der Waals surface area contributed by atoms with E-state index in [9.17, 15) is 14.4 Å². The van der Waals surface area contributed by atoms with Crippen LogP contribution in [0.5, 0.6) is 0 Å². The van der Waals surface area contributed by atoms with Gasteiger partial charge in [-0.2, -0.15) is 0 Å². The van der Waals surface area contributed by atoms with Crippen molar-refractivity contribution < 1.29 is 23.9 Å². The van der Waals surface area contributed by atoms with Crippen molar-refractivity contribution in [2.24, 2.45) is 0 Å². The fraction of sp³-hybridized carbons (Fsp3) is 0.357. The highest BCUT2D eigenvalue weighted by molar-refractivity contribution is 6.15. The minimum Gasteiger partial charge on any atom is -0.462 e. The van der Waals surface area contributed by atoms with E-state index in [0.29, 0.717) is 6.61 Å². The number of carbonyl (C=O) groups is 3. The number of esters is 3. The molecule has 0 fully saturated rings. The second-order valence-electron chi connectivity index (χ2n) is 4.28. The van der Waals surface area contributed by atoms with E-state index < -0.39 is 17.9 Å². The molecular weight excluding hydrogens is 248 g/mol. The van der Waals surface area contributed by atoms with Gasteiger partial charge in [-0.1, -0.05) is 19.8 Å². The van der Waals surface area contributed by atoms with Crippen molar-refractivity contribution in [1.29, 1.82) is 0 Å². The monoisotopic (exact) mass is 262 g/mol. The third-order valence-electron chi connectivity index (χ3n) is 2.86. The molecule has 0 saturated heterocycles. The van der Waals surface area contributed by atoms with E-state index >= 15 is 0 Å². The fourth-order valence-corrected chi connectivity index (χ4v) is 1.81. The molecule has 2 rings (SSSR count). The summed E-state index contributed by atoms with van der Waals surface area (Å²) >= 11 is 0. The van der Waals surface area contributed by atoms with Crippen molar-refractivity contribution >= 4 is 17.9 Å². The van der Waals surface area contributed by atoms with E-state index in [1.54, 1.807) is 0 Å². The predicted molar refractivity (Wildman–Crippen MR) is 66.0 cm³/mol. The summed E-state index contributed by atoms with van der Waals surface area (Å²) in [5.41, 5.74) is 0.558. The molecule has 0 saturated carbocycles. The van der Waals surface area contributed by atoms with Gasteiger partial charge in [0.2, 0.25) is 0 Å². The van der Waals surface area contributed by atoms with Crippen molar-refractivity contribution in [2.45, 2.75) is 26.2 Å². The molecule has 100 valence electrons. The molecule has 0 spiro atoms. The molecule has 0 atom stereocenters. The zero-order chi connectivity index (χ0) is 13.8. The largest absolute Gasteiger partial charge is 0.462 e. The van der Waals surface area contributed by atoms with Crippen molar-refractivity contribution in [3.8, 4) is 0 Å². The molecule has 1 heterocycles. The highest BCUT2D eigenvalue weighted by Crippen LogP contribution is 2.21. The van der Waals surface area contributed by atoms with Crippen LogP contribution in [0.4, 0.5) is 0 Å². The van der Waals surface area contributed by atoms with E-state index in [2.05, 4.69) is 11.7 Å². The zero-order valence-electron chi connectivity index (χ0n) is 10.6. The van der Waals surface area contributed by atoms with Crippen LogP contribution in [0.3, 0.4) is 0 Å². The Bertz CT molecular complexity index is 533. The molecule has 0 N–H and O–H groups in total. The fourth-order valence-electron chi connectivity index (χ4n) is 1.81. The Balaban J connectivity index is 2.06. The Morgan fingerprint density at radius 1 is 1.16 bits per heavy atom. The summed E-state index contributed by atoms with van der Waals surface area (Å²) in [6.45, 7) is 2.41. The van der Waals surface area contributed by atoms with E-state index in [1.165, 1.54) is 18.2 Å². The Morgan fingerprint density at radius 3 is 2.63 bits per heavy atom. The minimum atomic E-state index is -0.722. The van der Waals surface area contributed by atoms with Gasteiger partial charge in [-0.15, -0.1) is 0 Å². The van der Waals surface area contributed by atoms with Crippen LogP contribution in [0, 0.1) is 0 Å². The number of carbonyl (C=O) groups excluding carboxylic acids is 3. The third kappa shape index (κ3) is 2.81. The molecule has 5 heteroatoms. The van der Waals surface area contributed by atoms with Crippen LogP contribution in [0.25, 0.3) is 0 Å². The van der Waals surface area contributed by atoms with Gasteiger partial charge < -0.3 is 9.47 Å². The molecule has 0 unspecified atom stereocenters. The minimum absolute atomic E-state index is 0.119. The lowest BCUT2D eigenvalue weighted by atomic mass is 10.1. The summed E-state index contributed by atoms with van der Waals surface area (Å²) in [7, 11) is 0. The van der Waals surface area contributed by atoms with Gasteiger partial charge in [0, 0.05) is 0 Å². The molecule has 0 bridgehead atoms. The second kappa shape index (κ2) is 5.65. The lowest BCUT2D eigenvalue weighted by molar-refractivity contribution is 0.0442. The number of cyclic esters (lactones) is 2. The van der Waals surface area contributed by atoms with Crippen molar-refractivity contribution in [2.75, 3.05) is 6.61 Å². The molecule has 1 aromatic carbocycles. The molecule has 0 aromatic heterocycles. The van der Waals surface area contributed by atoms with Gasteiger partial charge in [0.15, 0.2) is 0 Å². The standard InChI is InChI=1S/C14H14O5/c1-2-3-4-7-18-12(15)9-5-6-10-11(8-9)14(17)19-13(10)16/h5-6,8H,2-4,7H2,1H3. The quantitative estimate of drug-likeness (QED) is 0.463. The van der Waals surface area contributed by atoms with Crippen LogP contribution in [-0.4, -0.2) is 24.5 Å². The number of benzene rings is 1. The van der Waals surface area contributed by atoms with Crippen molar-refractivity contribution in [1.82, 2.24) is 0 Å². The van der Waals surface area contributed by atoms with E-state index in [4.69, 9.17) is 4.74 Å². The lowest BCUT2D eigenvalue weighted by Gasteiger charge is -2.04. The van der Waals surface area contributed by atoms with Crippen molar-refractivity contribution in [3.05, 3.63) is 34.9 Å². The number of ether oxygens (including phenoxy) is 2. The van der Waals surface area contributed by atoms with Crippen LogP contribution in [-0.2, 0) is 9.47 Å².